The summed E-state index contributed by atoms with van der Waals surface area (Å²) in [6.07, 6.45) is 0. The first-order valence-electron chi connectivity index (χ1n) is 13.3. The number of hydrogen-bond donors (Lipinski definition) is 1. The molecule has 0 spiro atoms. The third kappa shape index (κ3) is 7.23. The molecule has 4 aromatic carbocycles. The van der Waals surface area contributed by atoms with Crippen LogP contribution in [0.25, 0.3) is 0 Å². The number of esters is 1. The Labute approximate surface area is 262 Å². The summed E-state index contributed by atoms with van der Waals surface area (Å²) in [5, 5.41) is 10.6. The van der Waals surface area contributed by atoms with Gasteiger partial charge >= 0.3 is 5.97 Å². The van der Waals surface area contributed by atoms with Gasteiger partial charge in [-0.05, 0) is 72.6 Å². The van der Waals surface area contributed by atoms with Crippen molar-refractivity contribution in [2.45, 2.75) is 19.4 Å². The van der Waals surface area contributed by atoms with Crippen molar-refractivity contribution in [1.82, 2.24) is 0 Å². The fourth-order valence-electron chi connectivity index (χ4n) is 4.51. The second kappa shape index (κ2) is 13.6. The average Bonchev–Trinajstić information content (AvgIpc) is 3.00. The molecule has 5 rings (SSSR count). The number of nitriles is 1. The molecule has 0 aromatic heterocycles. The Balaban J connectivity index is 1.36. The summed E-state index contributed by atoms with van der Waals surface area (Å²) < 4.78 is 29.6. The number of nitrogens with zero attached hydrogens (tertiary/aromatic N) is 1. The van der Waals surface area contributed by atoms with Gasteiger partial charge in [-0.3, -0.25) is 0 Å². The number of fused-ring (bicyclic) bond motifs is 1. The molecule has 10 heteroatoms. The van der Waals surface area contributed by atoms with E-state index in [1.54, 1.807) is 48.5 Å². The van der Waals surface area contributed by atoms with Crippen LogP contribution in [-0.4, -0.2) is 19.2 Å². The van der Waals surface area contributed by atoms with Crippen LogP contribution in [0.2, 0.25) is 5.02 Å². The summed E-state index contributed by atoms with van der Waals surface area (Å²) in [5.41, 5.74) is 8.82. The van der Waals surface area contributed by atoms with Crippen LogP contribution in [0.4, 0.5) is 0 Å². The lowest BCUT2D eigenvalue weighted by molar-refractivity contribution is -0.136. The molecule has 0 radical (unpaired) electrons. The minimum Gasteiger partial charge on any atom is -0.490 e. The largest absolute Gasteiger partial charge is 0.490 e. The van der Waals surface area contributed by atoms with Crippen LogP contribution in [0.5, 0.6) is 28.7 Å². The molecule has 2 N–H and O–H groups in total. The predicted octanol–water partition coefficient (Wildman–Crippen LogP) is 7.28. The van der Waals surface area contributed by atoms with Crippen LogP contribution in [0, 0.1) is 11.3 Å². The summed E-state index contributed by atoms with van der Waals surface area (Å²) >= 11 is 9.35. The van der Waals surface area contributed by atoms with Gasteiger partial charge in [-0.2, -0.15) is 5.26 Å². The topological polar surface area (TPSA) is 113 Å². The fourth-order valence-corrected chi connectivity index (χ4v) is 4.90. The molecular formula is C33H26BrClN2O6. The molecule has 0 amide bonds. The number of carbonyl (C=O) groups is 1. The number of rotatable bonds is 10. The maximum Gasteiger partial charge on any atom is 0.349 e. The van der Waals surface area contributed by atoms with Gasteiger partial charge in [0, 0.05) is 21.1 Å². The van der Waals surface area contributed by atoms with E-state index < -0.39 is 11.9 Å². The van der Waals surface area contributed by atoms with Gasteiger partial charge in [0.15, 0.2) is 18.1 Å². The Kier molecular flexibility index (Phi) is 9.40. The molecule has 1 aliphatic rings. The maximum absolute atomic E-state index is 12.5. The number of nitrogens with two attached hydrogens (primary N) is 1. The van der Waals surface area contributed by atoms with Crippen LogP contribution in [0.1, 0.15) is 29.5 Å². The molecule has 8 nitrogen and oxygen atoms in total. The molecule has 43 heavy (non-hydrogen) atoms. The van der Waals surface area contributed by atoms with Crippen molar-refractivity contribution in [1.29, 1.82) is 5.26 Å². The van der Waals surface area contributed by atoms with E-state index in [9.17, 15) is 10.1 Å². The zero-order chi connectivity index (χ0) is 30.3. The minimum absolute atomic E-state index is 0.0388. The van der Waals surface area contributed by atoms with Crippen molar-refractivity contribution < 1.29 is 28.5 Å². The number of ether oxygens (including phenoxy) is 5. The van der Waals surface area contributed by atoms with Crippen LogP contribution in [0.15, 0.2) is 101 Å². The number of allylic oxidation sites excluding steroid dienone is 1. The van der Waals surface area contributed by atoms with Gasteiger partial charge in [-0.25, -0.2) is 4.79 Å². The second-order valence-electron chi connectivity index (χ2n) is 9.40. The molecule has 1 unspecified atom stereocenters. The molecule has 0 saturated heterocycles. The normalized spacial score (nSPS) is 13.8. The van der Waals surface area contributed by atoms with Crippen molar-refractivity contribution in [3.63, 3.8) is 0 Å². The zero-order valence-corrected chi connectivity index (χ0v) is 25.4. The SMILES string of the molecule is CCOc1cc(C2C(C#N)=C(N)Oc3cc(OC(=O)COc4ccc(Br)cc4)ccc32)ccc1OCc1ccc(Cl)cc1. The monoisotopic (exact) mass is 660 g/mol. The highest BCUT2D eigenvalue weighted by molar-refractivity contribution is 9.10. The van der Waals surface area contributed by atoms with E-state index in [2.05, 4.69) is 22.0 Å². The van der Waals surface area contributed by atoms with E-state index in [-0.39, 0.29) is 23.8 Å². The Morgan fingerprint density at radius 3 is 2.42 bits per heavy atom. The molecule has 4 aromatic rings. The smallest absolute Gasteiger partial charge is 0.349 e. The van der Waals surface area contributed by atoms with Crippen molar-refractivity contribution in [3.8, 4) is 34.8 Å². The Hall–Kier alpha value is -4.65. The van der Waals surface area contributed by atoms with Crippen molar-refractivity contribution >= 4 is 33.5 Å². The van der Waals surface area contributed by atoms with E-state index in [1.807, 2.05) is 43.3 Å². The second-order valence-corrected chi connectivity index (χ2v) is 10.7. The minimum atomic E-state index is -0.591. The summed E-state index contributed by atoms with van der Waals surface area (Å²) in [5.74, 6) is 1.04. The highest BCUT2D eigenvalue weighted by Crippen LogP contribution is 2.45. The summed E-state index contributed by atoms with van der Waals surface area (Å²) in [6, 6.07) is 27.1. The number of carbonyl (C=O) groups excluding carboxylic acids is 1. The quantitative estimate of drug-likeness (QED) is 0.139. The molecule has 1 aliphatic heterocycles. The first-order chi connectivity index (χ1) is 20.8. The van der Waals surface area contributed by atoms with E-state index in [0.29, 0.717) is 46.8 Å². The zero-order valence-electron chi connectivity index (χ0n) is 23.0. The summed E-state index contributed by atoms with van der Waals surface area (Å²) in [7, 11) is 0. The highest BCUT2D eigenvalue weighted by Gasteiger charge is 2.32. The van der Waals surface area contributed by atoms with E-state index >= 15 is 0 Å². The van der Waals surface area contributed by atoms with Crippen molar-refractivity contribution in [3.05, 3.63) is 123 Å². The van der Waals surface area contributed by atoms with Gasteiger partial charge in [-0.15, -0.1) is 0 Å². The Bertz CT molecular complexity index is 1700. The van der Waals surface area contributed by atoms with Gasteiger partial charge in [-0.1, -0.05) is 51.8 Å². The van der Waals surface area contributed by atoms with Gasteiger partial charge in [0.2, 0.25) is 5.88 Å². The molecule has 0 saturated carbocycles. The Morgan fingerprint density at radius 1 is 0.953 bits per heavy atom. The van der Waals surface area contributed by atoms with Crippen LogP contribution < -0.4 is 29.4 Å². The first-order valence-corrected chi connectivity index (χ1v) is 14.5. The third-order valence-corrected chi connectivity index (χ3v) is 7.28. The molecule has 218 valence electrons. The van der Waals surface area contributed by atoms with E-state index in [1.165, 1.54) is 0 Å². The van der Waals surface area contributed by atoms with E-state index in [4.69, 9.17) is 41.0 Å². The third-order valence-electron chi connectivity index (χ3n) is 6.50. The number of benzene rings is 4. The molecular weight excluding hydrogens is 636 g/mol. The fraction of sp³-hybridized carbons (Fsp3) is 0.152. The lowest BCUT2D eigenvalue weighted by Gasteiger charge is -2.27. The molecule has 0 bridgehead atoms. The van der Waals surface area contributed by atoms with Gasteiger partial charge in [0.1, 0.15) is 35.5 Å². The van der Waals surface area contributed by atoms with Crippen LogP contribution in [-0.2, 0) is 11.4 Å². The maximum atomic E-state index is 12.5. The first kappa shape index (κ1) is 29.8. The van der Waals surface area contributed by atoms with E-state index in [0.717, 1.165) is 15.6 Å². The summed E-state index contributed by atoms with van der Waals surface area (Å²) in [6.45, 7) is 2.33. The predicted molar refractivity (Wildman–Crippen MR) is 164 cm³/mol. The molecule has 0 aliphatic carbocycles. The van der Waals surface area contributed by atoms with Crippen LogP contribution >= 0.6 is 27.5 Å². The van der Waals surface area contributed by atoms with Crippen molar-refractivity contribution in [2.24, 2.45) is 5.73 Å². The van der Waals surface area contributed by atoms with Gasteiger partial charge in [0.05, 0.1) is 12.5 Å². The standard InChI is InChI=1S/C33H26BrClN2O6/c1-2-39-30-15-21(5-14-28(30)41-18-20-3-8-23(35)9-4-20)32-26-13-12-25(16-29(26)43-33(37)27(32)17-36)42-31(38)19-40-24-10-6-22(34)7-11-24/h3-16,32H,2,18-19,37H2,1H3. The lowest BCUT2D eigenvalue weighted by atomic mass is 9.83. The average molecular weight is 662 g/mol. The van der Waals surface area contributed by atoms with Crippen molar-refractivity contribution in [2.75, 3.05) is 13.2 Å². The number of halogens is 2. The molecule has 0 fully saturated rings. The lowest BCUT2D eigenvalue weighted by Crippen LogP contribution is -2.22. The highest BCUT2D eigenvalue weighted by atomic mass is 79.9. The summed E-state index contributed by atoms with van der Waals surface area (Å²) in [4.78, 5) is 12.5. The van der Waals surface area contributed by atoms with Crippen LogP contribution in [0.3, 0.4) is 0 Å². The number of hydrogen-bond acceptors (Lipinski definition) is 8. The molecule has 1 atom stereocenters. The van der Waals surface area contributed by atoms with Gasteiger partial charge in [0.25, 0.3) is 0 Å². The molecule has 1 heterocycles. The Morgan fingerprint density at radius 2 is 1.70 bits per heavy atom. The van der Waals surface area contributed by atoms with Gasteiger partial charge < -0.3 is 29.4 Å².